The molecule has 1 aliphatic rings. The molecule has 0 spiro atoms. The molecule has 5 nitrogen and oxygen atoms in total. The van der Waals surface area contributed by atoms with Gasteiger partial charge in [0.05, 0.1) is 25.3 Å². The van der Waals surface area contributed by atoms with Crippen LogP contribution >= 0.6 is 22.7 Å². The Morgan fingerprint density at radius 1 is 1.14 bits per heavy atom. The first kappa shape index (κ1) is 18.9. The van der Waals surface area contributed by atoms with Crippen molar-refractivity contribution in [2.24, 2.45) is 0 Å². The number of amides is 1. The fourth-order valence-electron chi connectivity index (χ4n) is 3.51. The van der Waals surface area contributed by atoms with Crippen molar-refractivity contribution in [2.45, 2.75) is 12.5 Å². The van der Waals surface area contributed by atoms with Gasteiger partial charge in [-0.3, -0.25) is 9.69 Å². The zero-order valence-corrected chi connectivity index (χ0v) is 17.0. The van der Waals surface area contributed by atoms with Gasteiger partial charge in [0.2, 0.25) is 5.91 Å². The highest BCUT2D eigenvalue weighted by Crippen LogP contribution is 2.39. The van der Waals surface area contributed by atoms with Crippen LogP contribution in [0.3, 0.4) is 0 Å². The fraction of sp³-hybridized carbons (Fsp3) is 0.238. The molecular formula is C21H20N2O3S2. The molecule has 4 rings (SSSR count). The highest BCUT2D eigenvalue weighted by Gasteiger charge is 2.31. The number of methoxy groups -OCH3 is 1. The van der Waals surface area contributed by atoms with E-state index in [9.17, 15) is 9.59 Å². The van der Waals surface area contributed by atoms with E-state index >= 15 is 0 Å². The van der Waals surface area contributed by atoms with E-state index in [-0.39, 0.29) is 11.9 Å². The Morgan fingerprint density at radius 2 is 1.96 bits per heavy atom. The van der Waals surface area contributed by atoms with Crippen LogP contribution in [0, 0.1) is 0 Å². The Labute approximate surface area is 171 Å². The third-order valence-electron chi connectivity index (χ3n) is 4.81. The van der Waals surface area contributed by atoms with Crippen molar-refractivity contribution in [3.8, 4) is 0 Å². The summed E-state index contributed by atoms with van der Waals surface area (Å²) in [6.45, 7) is 1.17. The second-order valence-corrected chi connectivity index (χ2v) is 8.53. The van der Waals surface area contributed by atoms with Crippen molar-refractivity contribution < 1.29 is 14.3 Å². The summed E-state index contributed by atoms with van der Waals surface area (Å²) in [5.74, 6) is -0.456. The average molecular weight is 413 g/mol. The van der Waals surface area contributed by atoms with Gasteiger partial charge < -0.3 is 10.1 Å². The van der Waals surface area contributed by atoms with E-state index in [1.54, 1.807) is 46.9 Å². The average Bonchev–Trinajstić information content (AvgIpc) is 3.39. The second-order valence-electron chi connectivity index (χ2n) is 6.55. The van der Waals surface area contributed by atoms with Crippen molar-refractivity contribution in [3.63, 3.8) is 0 Å². The van der Waals surface area contributed by atoms with Gasteiger partial charge in [0.25, 0.3) is 0 Å². The molecule has 1 N–H and O–H groups in total. The summed E-state index contributed by atoms with van der Waals surface area (Å²) in [5, 5.41) is 7.15. The Balaban J connectivity index is 1.47. The van der Waals surface area contributed by atoms with Gasteiger partial charge in [-0.15, -0.1) is 22.7 Å². The standard InChI is InChI=1S/C21H20N2O3S2/c1-26-21(25)14-4-6-15(7-5-14)22-19(24)13-23-10-8-17-16(9-12-28-17)20(23)18-3-2-11-27-18/h2-7,9,11-12,20H,8,10,13H2,1H3,(H,22,24)/t20-/m1/s1. The molecule has 2 aromatic heterocycles. The van der Waals surface area contributed by atoms with Crippen LogP contribution in [0.25, 0.3) is 0 Å². The Bertz CT molecular complexity index is 964. The van der Waals surface area contributed by atoms with Crippen molar-refractivity contribution in [1.29, 1.82) is 0 Å². The number of nitrogens with zero attached hydrogens (tertiary/aromatic N) is 1. The molecule has 0 saturated heterocycles. The van der Waals surface area contributed by atoms with Gasteiger partial charge in [-0.05, 0) is 59.1 Å². The van der Waals surface area contributed by atoms with Crippen LogP contribution in [0.2, 0.25) is 0 Å². The maximum atomic E-state index is 12.7. The van der Waals surface area contributed by atoms with Crippen molar-refractivity contribution in [2.75, 3.05) is 25.5 Å². The number of hydrogen-bond acceptors (Lipinski definition) is 6. The molecule has 7 heteroatoms. The molecule has 0 aliphatic carbocycles. The van der Waals surface area contributed by atoms with Crippen molar-refractivity contribution >= 4 is 40.2 Å². The number of benzene rings is 1. The molecule has 0 saturated carbocycles. The number of hydrogen-bond donors (Lipinski definition) is 1. The van der Waals surface area contributed by atoms with Crippen LogP contribution in [0.15, 0.2) is 53.2 Å². The number of carbonyl (C=O) groups excluding carboxylic acids is 2. The zero-order valence-electron chi connectivity index (χ0n) is 15.4. The number of nitrogens with one attached hydrogen (secondary N) is 1. The summed E-state index contributed by atoms with van der Waals surface area (Å²) in [5.41, 5.74) is 2.44. The summed E-state index contributed by atoms with van der Waals surface area (Å²) in [6.07, 6.45) is 0.968. The lowest BCUT2D eigenvalue weighted by Gasteiger charge is -2.34. The molecule has 0 fully saturated rings. The summed E-state index contributed by atoms with van der Waals surface area (Å²) >= 11 is 3.52. The first-order valence-corrected chi connectivity index (χ1v) is 10.7. The smallest absolute Gasteiger partial charge is 0.337 e. The normalized spacial score (nSPS) is 16.4. The van der Waals surface area contributed by atoms with Crippen molar-refractivity contribution in [3.05, 3.63) is 74.1 Å². The highest BCUT2D eigenvalue weighted by molar-refractivity contribution is 7.10. The lowest BCUT2D eigenvalue weighted by atomic mass is 9.98. The van der Waals surface area contributed by atoms with Crippen LogP contribution in [0.5, 0.6) is 0 Å². The summed E-state index contributed by atoms with van der Waals surface area (Å²) in [6, 6.07) is 13.2. The number of ether oxygens (including phenoxy) is 1. The van der Waals surface area contributed by atoms with Gasteiger partial charge in [-0.1, -0.05) is 6.07 Å². The molecule has 28 heavy (non-hydrogen) atoms. The minimum absolute atomic E-state index is 0.0638. The van der Waals surface area contributed by atoms with Gasteiger partial charge in [-0.25, -0.2) is 4.79 Å². The minimum Gasteiger partial charge on any atom is -0.465 e. The first-order valence-electron chi connectivity index (χ1n) is 8.97. The molecular weight excluding hydrogens is 392 g/mol. The number of thiophene rings is 2. The summed E-state index contributed by atoms with van der Waals surface area (Å²) in [7, 11) is 1.35. The summed E-state index contributed by atoms with van der Waals surface area (Å²) in [4.78, 5) is 29.1. The van der Waals surface area contributed by atoms with E-state index < -0.39 is 5.97 Å². The van der Waals surface area contributed by atoms with E-state index in [1.807, 2.05) is 0 Å². The maximum absolute atomic E-state index is 12.7. The van der Waals surface area contributed by atoms with Gasteiger partial charge in [0.15, 0.2) is 0 Å². The SMILES string of the molecule is COC(=O)c1ccc(NC(=O)CN2CCc3sccc3[C@@H]2c2cccs2)cc1. The predicted octanol–water partition coefficient (Wildman–Crippen LogP) is 4.18. The number of carbonyl (C=O) groups is 2. The lowest BCUT2D eigenvalue weighted by Crippen LogP contribution is -2.40. The van der Waals surface area contributed by atoms with Gasteiger partial charge in [-0.2, -0.15) is 0 Å². The number of esters is 1. The number of fused-ring (bicyclic) bond motifs is 1. The highest BCUT2D eigenvalue weighted by atomic mass is 32.1. The Hall–Kier alpha value is -2.48. The molecule has 3 aromatic rings. The van der Waals surface area contributed by atoms with E-state index in [4.69, 9.17) is 4.74 Å². The topological polar surface area (TPSA) is 58.6 Å². The van der Waals surface area contributed by atoms with Crippen LogP contribution in [0.1, 0.15) is 31.7 Å². The maximum Gasteiger partial charge on any atom is 0.337 e. The monoisotopic (exact) mass is 412 g/mol. The fourth-order valence-corrected chi connectivity index (χ4v) is 5.29. The van der Waals surface area contributed by atoms with E-state index in [2.05, 4.69) is 39.2 Å². The van der Waals surface area contributed by atoms with E-state index in [1.165, 1.54) is 22.4 Å². The molecule has 1 atom stereocenters. The second kappa shape index (κ2) is 8.26. The lowest BCUT2D eigenvalue weighted by molar-refractivity contribution is -0.117. The number of rotatable bonds is 5. The zero-order chi connectivity index (χ0) is 19.5. The quantitative estimate of drug-likeness (QED) is 0.639. The first-order chi connectivity index (χ1) is 13.7. The Morgan fingerprint density at radius 3 is 2.68 bits per heavy atom. The van der Waals surface area contributed by atoms with E-state index in [0.29, 0.717) is 17.8 Å². The molecule has 3 heterocycles. The largest absolute Gasteiger partial charge is 0.465 e. The Kier molecular flexibility index (Phi) is 5.57. The van der Waals surface area contributed by atoms with Gasteiger partial charge in [0.1, 0.15) is 0 Å². The third-order valence-corrected chi connectivity index (χ3v) is 6.74. The van der Waals surface area contributed by atoms with E-state index in [0.717, 1.165) is 13.0 Å². The van der Waals surface area contributed by atoms with Crippen LogP contribution in [0.4, 0.5) is 5.69 Å². The molecule has 0 bridgehead atoms. The molecule has 1 aromatic carbocycles. The molecule has 1 amide bonds. The van der Waals surface area contributed by atoms with Crippen molar-refractivity contribution in [1.82, 2.24) is 4.90 Å². The van der Waals surface area contributed by atoms with Gasteiger partial charge in [0, 0.05) is 22.0 Å². The third kappa shape index (κ3) is 3.87. The summed E-state index contributed by atoms with van der Waals surface area (Å²) < 4.78 is 4.70. The van der Waals surface area contributed by atoms with Gasteiger partial charge >= 0.3 is 5.97 Å². The van der Waals surface area contributed by atoms with Crippen LogP contribution in [-0.2, 0) is 16.0 Å². The minimum atomic E-state index is -0.392. The van der Waals surface area contributed by atoms with Crippen LogP contribution in [-0.4, -0.2) is 37.0 Å². The predicted molar refractivity (Wildman–Crippen MR) is 112 cm³/mol. The molecule has 0 unspecified atom stereocenters. The number of anilines is 1. The molecule has 144 valence electrons. The van der Waals surface area contributed by atoms with Crippen LogP contribution < -0.4 is 5.32 Å². The molecule has 0 radical (unpaired) electrons. The molecule has 1 aliphatic heterocycles.